The Kier molecular flexibility index (Phi) is 6.92. The molecule has 1 aromatic carbocycles. The number of nitrogens with zero attached hydrogens (tertiary/aromatic N) is 5. The smallest absolute Gasteiger partial charge is 0.193 e. The second-order valence-electron chi connectivity index (χ2n) is 8.02. The van der Waals surface area contributed by atoms with E-state index in [0.29, 0.717) is 5.92 Å². The molecule has 8 heteroatoms. The van der Waals surface area contributed by atoms with Crippen molar-refractivity contribution in [3.8, 4) is 0 Å². The largest absolute Gasteiger partial charge is 0.379 e. The lowest BCUT2D eigenvalue weighted by molar-refractivity contribution is 0.0169. The number of aliphatic imine (C=N–C) groups is 1. The maximum Gasteiger partial charge on any atom is 0.193 e. The van der Waals surface area contributed by atoms with Crippen molar-refractivity contribution in [1.82, 2.24) is 24.9 Å². The number of halogens is 1. The predicted molar refractivity (Wildman–Crippen MR) is 120 cm³/mol. The second kappa shape index (κ2) is 9.81. The van der Waals surface area contributed by atoms with Gasteiger partial charge in [0.1, 0.15) is 0 Å². The van der Waals surface area contributed by atoms with Crippen molar-refractivity contribution in [2.45, 2.75) is 18.4 Å². The Hall–Kier alpha value is -2.09. The fraction of sp³-hybridized carbons (Fsp3) is 0.545. The number of likely N-dealkylation sites (tertiary alicyclic amines) is 1. The van der Waals surface area contributed by atoms with Gasteiger partial charge in [-0.25, -0.2) is 0 Å². The highest BCUT2D eigenvalue weighted by Crippen LogP contribution is 2.27. The van der Waals surface area contributed by atoms with Crippen LogP contribution in [0.3, 0.4) is 0 Å². The summed E-state index contributed by atoms with van der Waals surface area (Å²) in [5.74, 6) is 1.47. The number of nitrogens with one attached hydrogen (secondary N) is 1. The van der Waals surface area contributed by atoms with Crippen LogP contribution in [-0.2, 0) is 11.8 Å². The summed E-state index contributed by atoms with van der Waals surface area (Å²) < 4.78 is 7.45. The molecular formula is C22H31ClN6O. The highest BCUT2D eigenvalue weighted by Gasteiger charge is 2.28. The minimum atomic E-state index is 0.250. The van der Waals surface area contributed by atoms with Crippen LogP contribution in [0.4, 0.5) is 0 Å². The molecule has 162 valence electrons. The minimum absolute atomic E-state index is 0.250. The molecule has 3 heterocycles. The van der Waals surface area contributed by atoms with Gasteiger partial charge in [0.2, 0.25) is 0 Å². The number of aryl methyl sites for hydroxylation is 1. The summed E-state index contributed by atoms with van der Waals surface area (Å²) in [7, 11) is 3.84. The summed E-state index contributed by atoms with van der Waals surface area (Å²) in [6.07, 6.45) is 5.23. The van der Waals surface area contributed by atoms with Crippen molar-refractivity contribution in [2.24, 2.45) is 12.0 Å². The van der Waals surface area contributed by atoms with Gasteiger partial charge < -0.3 is 15.0 Å². The van der Waals surface area contributed by atoms with E-state index in [1.807, 2.05) is 37.1 Å². The standard InChI is InChI=1S/C22H31ClN6O/c1-24-22(29-8-7-18(16-29)19-13-26-27(2)15-19)25-14-21(28-9-11-30-12-10-28)17-3-5-20(23)6-4-17/h3-6,13,15,18,21H,7-12,14,16H2,1-2H3,(H,24,25). The molecule has 2 atom stereocenters. The Morgan fingerprint density at radius 1 is 1.27 bits per heavy atom. The van der Waals surface area contributed by atoms with Crippen LogP contribution in [-0.4, -0.2) is 78.5 Å². The maximum atomic E-state index is 6.12. The molecule has 0 bridgehead atoms. The average molecular weight is 431 g/mol. The molecule has 0 saturated carbocycles. The molecule has 0 spiro atoms. The number of hydrogen-bond donors (Lipinski definition) is 1. The first-order valence-corrected chi connectivity index (χ1v) is 11.0. The Morgan fingerprint density at radius 3 is 2.70 bits per heavy atom. The molecule has 0 aliphatic carbocycles. The van der Waals surface area contributed by atoms with Gasteiger partial charge in [-0.05, 0) is 29.7 Å². The molecule has 2 saturated heterocycles. The Labute approximate surface area is 183 Å². The molecule has 2 aliphatic rings. The lowest BCUT2D eigenvalue weighted by atomic mass is 10.0. The van der Waals surface area contributed by atoms with E-state index in [1.165, 1.54) is 11.1 Å². The molecule has 2 aliphatic heterocycles. The molecule has 2 unspecified atom stereocenters. The topological polar surface area (TPSA) is 57.9 Å². The number of hydrogen-bond acceptors (Lipinski definition) is 4. The summed E-state index contributed by atoms with van der Waals surface area (Å²) in [6.45, 7) is 6.18. The number of aromatic nitrogens is 2. The third kappa shape index (κ3) is 4.96. The first-order chi connectivity index (χ1) is 14.6. The molecule has 1 N–H and O–H groups in total. The zero-order valence-electron chi connectivity index (χ0n) is 17.8. The highest BCUT2D eigenvalue weighted by molar-refractivity contribution is 6.30. The van der Waals surface area contributed by atoms with E-state index in [4.69, 9.17) is 16.3 Å². The van der Waals surface area contributed by atoms with Crippen LogP contribution in [0.5, 0.6) is 0 Å². The second-order valence-corrected chi connectivity index (χ2v) is 8.46. The van der Waals surface area contributed by atoms with Crippen LogP contribution < -0.4 is 5.32 Å². The van der Waals surface area contributed by atoms with Crippen LogP contribution >= 0.6 is 11.6 Å². The normalized spacial score (nSPS) is 21.8. The van der Waals surface area contributed by atoms with Crippen molar-refractivity contribution in [3.63, 3.8) is 0 Å². The van der Waals surface area contributed by atoms with E-state index >= 15 is 0 Å². The monoisotopic (exact) mass is 430 g/mol. The molecule has 2 aromatic rings. The van der Waals surface area contributed by atoms with Crippen LogP contribution in [0.1, 0.15) is 29.5 Å². The SMILES string of the molecule is CN=C(NCC(c1ccc(Cl)cc1)N1CCOCC1)N1CCC(c2cnn(C)c2)C1. The van der Waals surface area contributed by atoms with Gasteiger partial charge in [0, 0.05) is 64.0 Å². The summed E-state index contributed by atoms with van der Waals surface area (Å²) in [6, 6.07) is 8.44. The molecule has 7 nitrogen and oxygen atoms in total. The average Bonchev–Trinajstić information content (AvgIpc) is 3.42. The quantitative estimate of drug-likeness (QED) is 0.583. The van der Waals surface area contributed by atoms with Gasteiger partial charge in [0.25, 0.3) is 0 Å². The predicted octanol–water partition coefficient (Wildman–Crippen LogP) is 2.51. The van der Waals surface area contributed by atoms with Crippen molar-refractivity contribution in [2.75, 3.05) is 53.0 Å². The third-order valence-corrected chi connectivity index (χ3v) is 6.34. The van der Waals surface area contributed by atoms with Gasteiger partial charge in [-0.15, -0.1) is 0 Å². The fourth-order valence-electron chi connectivity index (χ4n) is 4.43. The third-order valence-electron chi connectivity index (χ3n) is 6.09. The molecule has 2 fully saturated rings. The minimum Gasteiger partial charge on any atom is -0.379 e. The first-order valence-electron chi connectivity index (χ1n) is 10.7. The highest BCUT2D eigenvalue weighted by atomic mass is 35.5. The summed E-state index contributed by atoms with van der Waals surface area (Å²) >= 11 is 6.12. The van der Waals surface area contributed by atoms with Crippen molar-refractivity contribution in [3.05, 3.63) is 52.8 Å². The Balaban J connectivity index is 1.42. The Morgan fingerprint density at radius 2 is 2.03 bits per heavy atom. The first kappa shape index (κ1) is 21.2. The maximum absolute atomic E-state index is 6.12. The van der Waals surface area contributed by atoms with Gasteiger partial charge >= 0.3 is 0 Å². The van der Waals surface area contributed by atoms with E-state index in [2.05, 4.69) is 43.5 Å². The van der Waals surface area contributed by atoms with E-state index in [0.717, 1.165) is 63.3 Å². The van der Waals surface area contributed by atoms with Gasteiger partial charge in [-0.1, -0.05) is 23.7 Å². The van der Waals surface area contributed by atoms with E-state index in [9.17, 15) is 0 Å². The van der Waals surface area contributed by atoms with Crippen molar-refractivity contribution < 1.29 is 4.74 Å². The zero-order valence-corrected chi connectivity index (χ0v) is 18.6. The van der Waals surface area contributed by atoms with Crippen molar-refractivity contribution >= 4 is 17.6 Å². The van der Waals surface area contributed by atoms with Crippen molar-refractivity contribution in [1.29, 1.82) is 0 Å². The molecule has 0 radical (unpaired) electrons. The van der Waals surface area contributed by atoms with E-state index in [-0.39, 0.29) is 6.04 Å². The van der Waals surface area contributed by atoms with Gasteiger partial charge in [0.15, 0.2) is 5.96 Å². The summed E-state index contributed by atoms with van der Waals surface area (Å²) in [4.78, 5) is 9.41. The zero-order chi connectivity index (χ0) is 20.9. The number of ether oxygens (including phenoxy) is 1. The Bertz CT molecular complexity index is 846. The van der Waals surface area contributed by atoms with Gasteiger partial charge in [0.05, 0.1) is 25.5 Å². The molecule has 4 rings (SSSR count). The van der Waals surface area contributed by atoms with Gasteiger partial charge in [-0.3, -0.25) is 14.6 Å². The fourth-order valence-corrected chi connectivity index (χ4v) is 4.55. The van der Waals surface area contributed by atoms with Crippen LogP contribution in [0, 0.1) is 0 Å². The van der Waals surface area contributed by atoms with Gasteiger partial charge in [-0.2, -0.15) is 5.10 Å². The van der Waals surface area contributed by atoms with E-state index in [1.54, 1.807) is 0 Å². The van der Waals surface area contributed by atoms with Crippen LogP contribution in [0.2, 0.25) is 5.02 Å². The number of rotatable bonds is 5. The van der Waals surface area contributed by atoms with E-state index < -0.39 is 0 Å². The molecule has 0 amide bonds. The van der Waals surface area contributed by atoms with Crippen LogP contribution in [0.25, 0.3) is 0 Å². The lowest BCUT2D eigenvalue weighted by Gasteiger charge is -2.35. The summed E-state index contributed by atoms with van der Waals surface area (Å²) in [5.41, 5.74) is 2.57. The summed E-state index contributed by atoms with van der Waals surface area (Å²) in [5, 5.41) is 8.73. The molecule has 30 heavy (non-hydrogen) atoms. The molecular weight excluding hydrogens is 400 g/mol. The lowest BCUT2D eigenvalue weighted by Crippen LogP contribution is -2.47. The number of guanidine groups is 1. The number of benzene rings is 1. The van der Waals surface area contributed by atoms with Crippen LogP contribution in [0.15, 0.2) is 41.7 Å². The molecule has 1 aromatic heterocycles. The number of morpholine rings is 1.